The standard InChI is InChI=1S/C12H9F3N2/c1-2-7-17-11(8-16)9-5-3-4-6-10(9)12(13,14)15/h1,3-6,11,17H,7H2. The first kappa shape index (κ1) is 13.1. The number of nitrogens with one attached hydrogen (secondary N) is 1. The molecule has 0 amide bonds. The van der Waals surface area contributed by atoms with Gasteiger partial charge in [0.25, 0.3) is 0 Å². The van der Waals surface area contributed by atoms with E-state index in [9.17, 15) is 13.2 Å². The molecule has 0 radical (unpaired) electrons. The van der Waals surface area contributed by atoms with Crippen molar-refractivity contribution < 1.29 is 13.2 Å². The molecule has 2 nitrogen and oxygen atoms in total. The molecule has 0 heterocycles. The quantitative estimate of drug-likeness (QED) is 0.821. The second-order valence-electron chi connectivity index (χ2n) is 3.23. The van der Waals surface area contributed by atoms with Crippen LogP contribution in [0.4, 0.5) is 13.2 Å². The lowest BCUT2D eigenvalue weighted by molar-refractivity contribution is -0.138. The Hall–Kier alpha value is -1.98. The Morgan fingerprint density at radius 2 is 2.00 bits per heavy atom. The Balaban J connectivity index is 3.13. The van der Waals surface area contributed by atoms with E-state index in [0.29, 0.717) is 0 Å². The van der Waals surface area contributed by atoms with Crippen LogP contribution < -0.4 is 5.32 Å². The molecule has 0 aliphatic heterocycles. The first-order valence-corrected chi connectivity index (χ1v) is 4.73. The summed E-state index contributed by atoms with van der Waals surface area (Å²) >= 11 is 0. The Morgan fingerprint density at radius 1 is 1.35 bits per heavy atom. The number of terminal acetylenes is 1. The highest BCUT2D eigenvalue weighted by Crippen LogP contribution is 2.34. The first-order valence-electron chi connectivity index (χ1n) is 4.73. The van der Waals surface area contributed by atoms with Crippen molar-refractivity contribution >= 4 is 0 Å². The van der Waals surface area contributed by atoms with Crippen LogP contribution >= 0.6 is 0 Å². The van der Waals surface area contributed by atoms with Crippen molar-refractivity contribution in [2.24, 2.45) is 0 Å². The summed E-state index contributed by atoms with van der Waals surface area (Å²) in [5.74, 6) is 2.22. The maximum Gasteiger partial charge on any atom is 0.416 e. The number of hydrogen-bond donors (Lipinski definition) is 1. The van der Waals surface area contributed by atoms with Gasteiger partial charge in [0.2, 0.25) is 0 Å². The van der Waals surface area contributed by atoms with E-state index in [2.05, 4.69) is 11.2 Å². The van der Waals surface area contributed by atoms with Crippen LogP contribution in [0.15, 0.2) is 24.3 Å². The van der Waals surface area contributed by atoms with Crippen molar-refractivity contribution in [2.45, 2.75) is 12.2 Å². The molecule has 0 aromatic heterocycles. The molecule has 5 heteroatoms. The monoisotopic (exact) mass is 238 g/mol. The van der Waals surface area contributed by atoms with E-state index in [4.69, 9.17) is 11.7 Å². The Bertz CT molecular complexity index is 466. The first-order chi connectivity index (χ1) is 8.00. The number of nitriles is 1. The zero-order valence-corrected chi connectivity index (χ0v) is 8.75. The van der Waals surface area contributed by atoms with E-state index >= 15 is 0 Å². The van der Waals surface area contributed by atoms with Gasteiger partial charge in [-0.1, -0.05) is 24.1 Å². The SMILES string of the molecule is C#CCNC(C#N)c1ccccc1C(F)(F)F. The average Bonchev–Trinajstić information content (AvgIpc) is 2.29. The lowest BCUT2D eigenvalue weighted by Crippen LogP contribution is -2.23. The fourth-order valence-electron chi connectivity index (χ4n) is 1.39. The van der Waals surface area contributed by atoms with Gasteiger partial charge in [-0.2, -0.15) is 18.4 Å². The van der Waals surface area contributed by atoms with Gasteiger partial charge in [0, 0.05) is 0 Å². The molecule has 0 bridgehead atoms. The zero-order valence-electron chi connectivity index (χ0n) is 8.75. The van der Waals surface area contributed by atoms with Crippen molar-refractivity contribution in [2.75, 3.05) is 6.54 Å². The van der Waals surface area contributed by atoms with Crippen LogP contribution in [0.25, 0.3) is 0 Å². The molecule has 0 saturated heterocycles. The molecule has 1 atom stereocenters. The van der Waals surface area contributed by atoms with Crippen molar-refractivity contribution in [3.8, 4) is 18.4 Å². The summed E-state index contributed by atoms with van der Waals surface area (Å²) in [6, 6.07) is 5.63. The number of nitrogens with zero attached hydrogens (tertiary/aromatic N) is 1. The number of benzene rings is 1. The summed E-state index contributed by atoms with van der Waals surface area (Å²) < 4.78 is 38.1. The molecule has 0 aliphatic carbocycles. The maximum absolute atomic E-state index is 12.7. The fraction of sp³-hybridized carbons (Fsp3) is 0.250. The highest BCUT2D eigenvalue weighted by molar-refractivity contribution is 5.35. The fourth-order valence-corrected chi connectivity index (χ4v) is 1.39. The molecule has 1 rings (SSSR count). The van der Waals surface area contributed by atoms with Gasteiger partial charge in [-0.15, -0.1) is 6.42 Å². The van der Waals surface area contributed by atoms with Crippen LogP contribution in [0, 0.1) is 23.7 Å². The van der Waals surface area contributed by atoms with E-state index in [-0.39, 0.29) is 12.1 Å². The second-order valence-corrected chi connectivity index (χ2v) is 3.23. The van der Waals surface area contributed by atoms with Crippen molar-refractivity contribution in [3.05, 3.63) is 35.4 Å². The molecule has 17 heavy (non-hydrogen) atoms. The lowest BCUT2D eigenvalue weighted by Gasteiger charge is -2.16. The maximum atomic E-state index is 12.7. The zero-order chi connectivity index (χ0) is 12.9. The van der Waals surface area contributed by atoms with Crippen LogP contribution in [-0.4, -0.2) is 6.54 Å². The summed E-state index contributed by atoms with van der Waals surface area (Å²) in [5, 5.41) is 11.4. The average molecular weight is 238 g/mol. The van der Waals surface area contributed by atoms with Gasteiger partial charge in [0.05, 0.1) is 18.2 Å². The summed E-state index contributed by atoms with van der Waals surface area (Å²) in [6.07, 6.45) is 0.507. The predicted molar refractivity (Wildman–Crippen MR) is 56.6 cm³/mol. The molecule has 1 N–H and O–H groups in total. The number of alkyl halides is 3. The lowest BCUT2D eigenvalue weighted by atomic mass is 10.0. The minimum Gasteiger partial charge on any atom is -0.287 e. The van der Waals surface area contributed by atoms with Crippen LogP contribution in [0.3, 0.4) is 0 Å². The highest BCUT2D eigenvalue weighted by atomic mass is 19.4. The third-order valence-corrected chi connectivity index (χ3v) is 2.11. The molecule has 0 aliphatic rings. The largest absolute Gasteiger partial charge is 0.416 e. The van der Waals surface area contributed by atoms with Crippen LogP contribution in [0.5, 0.6) is 0 Å². The van der Waals surface area contributed by atoms with Gasteiger partial charge in [-0.25, -0.2) is 0 Å². The van der Waals surface area contributed by atoms with Gasteiger partial charge >= 0.3 is 6.18 Å². The molecule has 1 aromatic carbocycles. The predicted octanol–water partition coefficient (Wildman–Crippen LogP) is 2.49. The Labute approximate surface area is 97.1 Å². The minimum absolute atomic E-state index is 0.0322. The number of halogens is 3. The molecule has 88 valence electrons. The van der Waals surface area contributed by atoms with Gasteiger partial charge < -0.3 is 0 Å². The van der Waals surface area contributed by atoms with Crippen LogP contribution in [0.1, 0.15) is 17.2 Å². The smallest absolute Gasteiger partial charge is 0.287 e. The van der Waals surface area contributed by atoms with Gasteiger partial charge in [0.1, 0.15) is 6.04 Å². The third-order valence-electron chi connectivity index (χ3n) is 2.11. The molecule has 0 fully saturated rings. The van der Waals surface area contributed by atoms with Crippen molar-refractivity contribution in [3.63, 3.8) is 0 Å². The summed E-state index contributed by atoms with van der Waals surface area (Å²) in [6.45, 7) is 0.0322. The van der Waals surface area contributed by atoms with E-state index in [1.54, 1.807) is 6.07 Å². The van der Waals surface area contributed by atoms with Crippen molar-refractivity contribution in [1.82, 2.24) is 5.32 Å². The van der Waals surface area contributed by atoms with E-state index in [0.717, 1.165) is 6.07 Å². The van der Waals surface area contributed by atoms with Gasteiger partial charge in [-0.05, 0) is 11.6 Å². The topological polar surface area (TPSA) is 35.8 Å². The minimum atomic E-state index is -4.48. The molecule has 1 aromatic rings. The molecular weight excluding hydrogens is 229 g/mol. The number of hydrogen-bond acceptors (Lipinski definition) is 2. The normalized spacial score (nSPS) is 12.5. The van der Waals surface area contributed by atoms with Crippen molar-refractivity contribution in [1.29, 1.82) is 5.26 Å². The highest BCUT2D eigenvalue weighted by Gasteiger charge is 2.34. The van der Waals surface area contributed by atoms with E-state index in [1.807, 2.05) is 0 Å². The molecule has 0 spiro atoms. The molecular formula is C12H9F3N2. The van der Waals surface area contributed by atoms with Crippen LogP contribution in [0.2, 0.25) is 0 Å². The van der Waals surface area contributed by atoms with E-state index in [1.165, 1.54) is 18.2 Å². The Kier molecular flexibility index (Phi) is 4.14. The molecule has 1 unspecified atom stereocenters. The second kappa shape index (κ2) is 5.38. The summed E-state index contributed by atoms with van der Waals surface area (Å²) in [5.41, 5.74) is -0.936. The number of rotatable bonds is 3. The molecule has 0 saturated carbocycles. The van der Waals surface area contributed by atoms with Crippen LogP contribution in [-0.2, 0) is 6.18 Å². The van der Waals surface area contributed by atoms with Gasteiger partial charge in [0.15, 0.2) is 0 Å². The van der Waals surface area contributed by atoms with E-state index < -0.39 is 17.8 Å². The van der Waals surface area contributed by atoms with Gasteiger partial charge in [-0.3, -0.25) is 5.32 Å². The summed E-state index contributed by atoms with van der Waals surface area (Å²) in [4.78, 5) is 0. The third kappa shape index (κ3) is 3.24. The summed E-state index contributed by atoms with van der Waals surface area (Å²) in [7, 11) is 0. The Morgan fingerprint density at radius 3 is 2.53 bits per heavy atom.